The highest BCUT2D eigenvalue weighted by Crippen LogP contribution is 2.18. The number of hydrogen-bond acceptors (Lipinski definition) is 7. The van der Waals surface area contributed by atoms with Crippen molar-refractivity contribution in [2.45, 2.75) is 0 Å². The Hall–Kier alpha value is -3.23. The summed E-state index contributed by atoms with van der Waals surface area (Å²) in [6.45, 7) is 5.53. The summed E-state index contributed by atoms with van der Waals surface area (Å²) in [6.07, 6.45) is 0. The molecule has 0 spiro atoms. The Labute approximate surface area is 170 Å². The summed E-state index contributed by atoms with van der Waals surface area (Å²) in [4.78, 5) is 15.1. The molecule has 1 aliphatic rings. The van der Waals surface area contributed by atoms with Gasteiger partial charge in [0.1, 0.15) is 13.1 Å². The van der Waals surface area contributed by atoms with Gasteiger partial charge in [-0.2, -0.15) is 15.0 Å². The van der Waals surface area contributed by atoms with Crippen LogP contribution in [0.5, 0.6) is 0 Å². The lowest BCUT2D eigenvalue weighted by molar-refractivity contribution is -0.906. The summed E-state index contributed by atoms with van der Waals surface area (Å²) in [6, 6.07) is 19.7. The zero-order valence-electron chi connectivity index (χ0n) is 16.3. The molecule has 4 N–H and O–H groups in total. The molecule has 3 aromatic rings. The van der Waals surface area contributed by atoms with Gasteiger partial charge in [0.05, 0.1) is 26.3 Å². The number of nitrogens with zero attached hydrogens (tertiary/aromatic N) is 3. The molecule has 0 radical (unpaired) electrons. The average molecular weight is 392 g/mol. The highest BCUT2D eigenvalue weighted by atomic mass is 16.5. The maximum atomic E-state index is 5.42. The Morgan fingerprint density at radius 1 is 0.724 bits per heavy atom. The summed E-state index contributed by atoms with van der Waals surface area (Å²) >= 11 is 0. The van der Waals surface area contributed by atoms with E-state index in [1.807, 2.05) is 60.7 Å². The molecule has 4 rings (SSSR count). The topological polar surface area (TPSA) is 88.4 Å². The van der Waals surface area contributed by atoms with E-state index in [9.17, 15) is 0 Å². The van der Waals surface area contributed by atoms with Crippen LogP contribution in [0.1, 0.15) is 0 Å². The van der Waals surface area contributed by atoms with Crippen LogP contribution in [0, 0.1) is 0 Å². The monoisotopic (exact) mass is 392 g/mol. The Kier molecular flexibility index (Phi) is 6.46. The molecule has 0 bridgehead atoms. The molecule has 2 heterocycles. The summed E-state index contributed by atoms with van der Waals surface area (Å²) < 4.78 is 5.42. The third-order valence-electron chi connectivity index (χ3n) is 4.66. The molecule has 29 heavy (non-hydrogen) atoms. The first-order valence-electron chi connectivity index (χ1n) is 9.90. The van der Waals surface area contributed by atoms with Crippen molar-refractivity contribution in [1.82, 2.24) is 15.0 Å². The van der Waals surface area contributed by atoms with Gasteiger partial charge in [0.25, 0.3) is 0 Å². The molecule has 1 fully saturated rings. The van der Waals surface area contributed by atoms with Gasteiger partial charge >= 0.3 is 0 Å². The Balaban J connectivity index is 1.47. The quantitative estimate of drug-likeness (QED) is 0.464. The fourth-order valence-electron chi connectivity index (χ4n) is 3.13. The average Bonchev–Trinajstić information content (AvgIpc) is 2.76. The van der Waals surface area contributed by atoms with Crippen molar-refractivity contribution in [2.24, 2.45) is 0 Å². The van der Waals surface area contributed by atoms with Crippen LogP contribution in [0.15, 0.2) is 60.7 Å². The van der Waals surface area contributed by atoms with Gasteiger partial charge in [0.15, 0.2) is 0 Å². The summed E-state index contributed by atoms with van der Waals surface area (Å²) in [5.74, 6) is 1.53. The maximum absolute atomic E-state index is 5.42. The van der Waals surface area contributed by atoms with E-state index in [0.717, 1.165) is 50.8 Å². The Morgan fingerprint density at radius 3 is 1.79 bits per heavy atom. The number of benzene rings is 2. The molecule has 1 aliphatic heterocycles. The van der Waals surface area contributed by atoms with E-state index < -0.39 is 0 Å². The number of morpholine rings is 1. The van der Waals surface area contributed by atoms with Crippen LogP contribution in [0.25, 0.3) is 0 Å². The van der Waals surface area contributed by atoms with Gasteiger partial charge < -0.3 is 25.6 Å². The highest BCUT2D eigenvalue weighted by molar-refractivity contribution is 5.58. The van der Waals surface area contributed by atoms with Crippen molar-refractivity contribution in [3.8, 4) is 0 Å². The molecule has 2 aromatic carbocycles. The fraction of sp³-hybridized carbons (Fsp3) is 0.286. The third-order valence-corrected chi connectivity index (χ3v) is 4.66. The summed E-state index contributed by atoms with van der Waals surface area (Å²) in [7, 11) is 0. The van der Waals surface area contributed by atoms with Gasteiger partial charge in [0, 0.05) is 11.4 Å². The van der Waals surface area contributed by atoms with Crippen molar-refractivity contribution in [1.29, 1.82) is 0 Å². The van der Waals surface area contributed by atoms with Crippen LogP contribution in [-0.4, -0.2) is 54.3 Å². The largest absolute Gasteiger partial charge is 0.370 e. The molecular weight excluding hydrogens is 366 g/mol. The molecule has 1 aromatic heterocycles. The minimum atomic E-state index is 0.492. The van der Waals surface area contributed by atoms with Crippen LogP contribution < -0.4 is 20.9 Å². The lowest BCUT2D eigenvalue weighted by atomic mass is 10.3. The second-order valence-electron chi connectivity index (χ2n) is 6.83. The van der Waals surface area contributed by atoms with Crippen molar-refractivity contribution in [2.75, 3.05) is 55.3 Å². The Morgan fingerprint density at radius 2 is 1.24 bits per heavy atom. The van der Waals surface area contributed by atoms with Crippen LogP contribution >= 0.6 is 0 Å². The number of nitrogens with one attached hydrogen (secondary N) is 4. The molecule has 0 aliphatic carbocycles. The van der Waals surface area contributed by atoms with Crippen LogP contribution in [0.3, 0.4) is 0 Å². The lowest BCUT2D eigenvalue weighted by Gasteiger charge is -2.23. The number of ether oxygens (including phenoxy) is 1. The maximum Gasteiger partial charge on any atom is 0.233 e. The predicted octanol–water partition coefficient (Wildman–Crippen LogP) is 1.69. The van der Waals surface area contributed by atoms with Gasteiger partial charge in [-0.05, 0) is 24.3 Å². The van der Waals surface area contributed by atoms with E-state index in [4.69, 9.17) is 4.74 Å². The van der Waals surface area contributed by atoms with E-state index in [1.165, 1.54) is 4.90 Å². The van der Waals surface area contributed by atoms with Gasteiger partial charge in [-0.1, -0.05) is 36.4 Å². The van der Waals surface area contributed by atoms with E-state index in [2.05, 4.69) is 30.9 Å². The zero-order chi connectivity index (χ0) is 19.7. The number of anilines is 5. The van der Waals surface area contributed by atoms with E-state index in [1.54, 1.807) is 0 Å². The van der Waals surface area contributed by atoms with E-state index in [0.29, 0.717) is 17.8 Å². The first kappa shape index (κ1) is 19.1. The molecule has 0 amide bonds. The SMILES string of the molecule is c1ccc(Nc2nc(NCC[NH+]3CCOCC3)nc(Nc3ccccc3)n2)cc1. The smallest absolute Gasteiger partial charge is 0.233 e. The second kappa shape index (κ2) is 9.81. The molecule has 8 heteroatoms. The van der Waals surface area contributed by atoms with Crippen LogP contribution in [-0.2, 0) is 4.74 Å². The minimum Gasteiger partial charge on any atom is -0.370 e. The van der Waals surface area contributed by atoms with Crippen molar-refractivity contribution in [3.05, 3.63) is 60.7 Å². The minimum absolute atomic E-state index is 0.492. The normalized spacial score (nSPS) is 14.3. The fourth-order valence-corrected chi connectivity index (χ4v) is 3.13. The number of para-hydroxylation sites is 2. The zero-order valence-corrected chi connectivity index (χ0v) is 16.3. The van der Waals surface area contributed by atoms with Gasteiger partial charge in [-0.3, -0.25) is 0 Å². The van der Waals surface area contributed by atoms with Crippen LogP contribution in [0.4, 0.5) is 29.2 Å². The first-order chi connectivity index (χ1) is 14.3. The van der Waals surface area contributed by atoms with Crippen molar-refractivity contribution < 1.29 is 9.64 Å². The number of aromatic nitrogens is 3. The third kappa shape index (κ3) is 5.87. The summed E-state index contributed by atoms with van der Waals surface area (Å²) in [5, 5.41) is 9.83. The number of quaternary nitrogens is 1. The molecule has 0 atom stereocenters. The lowest BCUT2D eigenvalue weighted by Crippen LogP contribution is -3.14. The van der Waals surface area contributed by atoms with Crippen molar-refractivity contribution >= 4 is 29.2 Å². The molecule has 150 valence electrons. The molecular formula is C21H26N7O+. The first-order valence-corrected chi connectivity index (χ1v) is 9.90. The molecule has 8 nitrogen and oxygen atoms in total. The van der Waals surface area contributed by atoms with Gasteiger partial charge in [-0.15, -0.1) is 0 Å². The molecule has 0 saturated carbocycles. The molecule has 1 saturated heterocycles. The summed E-state index contributed by atoms with van der Waals surface area (Å²) in [5.41, 5.74) is 1.85. The van der Waals surface area contributed by atoms with Crippen molar-refractivity contribution in [3.63, 3.8) is 0 Å². The Bertz CT molecular complexity index is 826. The standard InChI is InChI=1S/C21H25N7O/c1-3-7-17(8-4-1)23-20-25-19(22-11-12-28-13-15-29-16-14-28)26-21(27-20)24-18-9-5-2-6-10-18/h1-10H,11-16H2,(H3,22,23,24,25,26,27)/p+1. The van der Waals surface area contributed by atoms with Crippen LogP contribution in [0.2, 0.25) is 0 Å². The van der Waals surface area contributed by atoms with Gasteiger partial charge in [-0.25, -0.2) is 0 Å². The van der Waals surface area contributed by atoms with E-state index >= 15 is 0 Å². The number of hydrogen-bond donors (Lipinski definition) is 4. The number of rotatable bonds is 8. The highest BCUT2D eigenvalue weighted by Gasteiger charge is 2.14. The predicted molar refractivity (Wildman–Crippen MR) is 114 cm³/mol. The second-order valence-corrected chi connectivity index (χ2v) is 6.83. The molecule has 0 unspecified atom stereocenters. The van der Waals surface area contributed by atoms with E-state index in [-0.39, 0.29) is 0 Å². The van der Waals surface area contributed by atoms with Gasteiger partial charge in [0.2, 0.25) is 17.8 Å².